The van der Waals surface area contributed by atoms with E-state index >= 15 is 0 Å². The summed E-state index contributed by atoms with van der Waals surface area (Å²) in [5.74, 6) is 0.754. The van der Waals surface area contributed by atoms with Crippen molar-refractivity contribution in [2.45, 2.75) is 46.8 Å². The van der Waals surface area contributed by atoms with E-state index in [-0.39, 0.29) is 6.09 Å². The number of ether oxygens (including phenoxy) is 1. The fourth-order valence-electron chi connectivity index (χ4n) is 1.91. The van der Waals surface area contributed by atoms with Crippen LogP contribution < -0.4 is 10.6 Å². The zero-order valence-electron chi connectivity index (χ0n) is 15.4. The lowest BCUT2D eigenvalue weighted by Crippen LogP contribution is -2.44. The largest absolute Gasteiger partial charge is 0.444 e. The molecule has 1 amide bonds. The van der Waals surface area contributed by atoms with Gasteiger partial charge in [0.05, 0.1) is 6.54 Å². The van der Waals surface area contributed by atoms with Crippen LogP contribution in [0.2, 0.25) is 0 Å². The Hall–Kier alpha value is -1.76. The number of nitrogens with zero attached hydrogens (tertiary/aromatic N) is 2. The first kappa shape index (κ1) is 20.3. The van der Waals surface area contributed by atoms with Crippen molar-refractivity contribution in [2.24, 2.45) is 4.99 Å². The topological polar surface area (TPSA) is 66.0 Å². The molecule has 1 rings (SSSR count). The van der Waals surface area contributed by atoms with Crippen molar-refractivity contribution >= 4 is 23.4 Å². The molecular weight excluding hydrogens is 324 g/mol. The molecule has 0 saturated carbocycles. The second kappa shape index (κ2) is 10.2. The van der Waals surface area contributed by atoms with Crippen molar-refractivity contribution in [3.05, 3.63) is 22.4 Å². The summed E-state index contributed by atoms with van der Waals surface area (Å²) in [6, 6.07) is 2.07. The van der Waals surface area contributed by atoms with Crippen molar-refractivity contribution in [3.8, 4) is 0 Å². The molecule has 24 heavy (non-hydrogen) atoms. The smallest absolute Gasteiger partial charge is 0.410 e. The minimum Gasteiger partial charge on any atom is -0.444 e. The van der Waals surface area contributed by atoms with Crippen LogP contribution in [0.1, 0.15) is 40.2 Å². The maximum Gasteiger partial charge on any atom is 0.410 e. The number of nitrogens with one attached hydrogen (secondary N) is 2. The van der Waals surface area contributed by atoms with Gasteiger partial charge in [-0.25, -0.2) is 9.79 Å². The van der Waals surface area contributed by atoms with E-state index in [1.165, 1.54) is 5.56 Å². The Morgan fingerprint density at radius 1 is 1.33 bits per heavy atom. The summed E-state index contributed by atoms with van der Waals surface area (Å²) in [7, 11) is 0. The van der Waals surface area contributed by atoms with E-state index in [2.05, 4.69) is 27.1 Å². The highest BCUT2D eigenvalue weighted by atomic mass is 32.1. The van der Waals surface area contributed by atoms with Crippen LogP contribution >= 0.6 is 11.3 Å². The maximum absolute atomic E-state index is 12.1. The van der Waals surface area contributed by atoms with E-state index < -0.39 is 5.60 Å². The van der Waals surface area contributed by atoms with Gasteiger partial charge in [0, 0.05) is 26.2 Å². The first-order valence-corrected chi connectivity index (χ1v) is 9.31. The number of hydrogen-bond acceptors (Lipinski definition) is 4. The van der Waals surface area contributed by atoms with Gasteiger partial charge in [0.15, 0.2) is 5.96 Å². The van der Waals surface area contributed by atoms with Crippen LogP contribution in [0.3, 0.4) is 0 Å². The Balaban J connectivity index is 2.47. The molecule has 1 aromatic rings. The minimum absolute atomic E-state index is 0.285. The normalized spacial score (nSPS) is 12.0. The summed E-state index contributed by atoms with van der Waals surface area (Å²) in [5, 5.41) is 10.6. The molecule has 0 aliphatic carbocycles. The maximum atomic E-state index is 12.1. The third-order valence-electron chi connectivity index (χ3n) is 3.05. The summed E-state index contributed by atoms with van der Waals surface area (Å²) in [4.78, 5) is 18.3. The summed E-state index contributed by atoms with van der Waals surface area (Å²) >= 11 is 1.67. The molecule has 2 N–H and O–H groups in total. The van der Waals surface area contributed by atoms with Gasteiger partial charge < -0.3 is 20.3 Å². The fraction of sp³-hybridized carbons (Fsp3) is 0.647. The summed E-state index contributed by atoms with van der Waals surface area (Å²) < 4.78 is 5.41. The van der Waals surface area contributed by atoms with Gasteiger partial charge in [-0.05, 0) is 57.0 Å². The van der Waals surface area contributed by atoms with Crippen molar-refractivity contribution in [2.75, 3.05) is 26.2 Å². The molecule has 0 fully saturated rings. The van der Waals surface area contributed by atoms with Gasteiger partial charge in [-0.2, -0.15) is 11.3 Å². The molecule has 7 heteroatoms. The fourth-order valence-corrected chi connectivity index (χ4v) is 2.57. The van der Waals surface area contributed by atoms with Gasteiger partial charge in [0.2, 0.25) is 0 Å². The van der Waals surface area contributed by atoms with Gasteiger partial charge in [0.1, 0.15) is 5.60 Å². The predicted octanol–water partition coefficient (Wildman–Crippen LogP) is 3.06. The van der Waals surface area contributed by atoms with E-state index in [1.807, 2.05) is 40.0 Å². The highest BCUT2D eigenvalue weighted by Crippen LogP contribution is 2.09. The number of aliphatic imine (C=N–C) groups is 1. The number of hydrogen-bond donors (Lipinski definition) is 2. The Bertz CT molecular complexity index is 509. The molecular formula is C17H30N4O2S. The summed E-state index contributed by atoms with van der Waals surface area (Å²) in [6.45, 7) is 12.8. The van der Waals surface area contributed by atoms with Gasteiger partial charge in [-0.3, -0.25) is 0 Å². The van der Waals surface area contributed by atoms with Gasteiger partial charge in [-0.1, -0.05) is 0 Å². The van der Waals surface area contributed by atoms with Crippen LogP contribution in [-0.2, 0) is 11.3 Å². The lowest BCUT2D eigenvalue weighted by Gasteiger charge is -2.26. The van der Waals surface area contributed by atoms with Gasteiger partial charge >= 0.3 is 6.09 Å². The van der Waals surface area contributed by atoms with E-state index in [1.54, 1.807) is 16.2 Å². The molecule has 0 spiro atoms. The van der Waals surface area contributed by atoms with Crippen LogP contribution in [0.5, 0.6) is 0 Å². The molecule has 1 aromatic heterocycles. The van der Waals surface area contributed by atoms with Crippen molar-refractivity contribution in [3.63, 3.8) is 0 Å². The summed E-state index contributed by atoms with van der Waals surface area (Å²) in [6.07, 6.45) is -0.285. The molecule has 0 unspecified atom stereocenters. The molecule has 6 nitrogen and oxygen atoms in total. The number of likely N-dealkylation sites (N-methyl/N-ethyl adjacent to an activating group) is 1. The van der Waals surface area contributed by atoms with Crippen LogP contribution in [0.25, 0.3) is 0 Å². The first-order valence-electron chi connectivity index (χ1n) is 8.37. The third kappa shape index (κ3) is 8.19. The highest BCUT2D eigenvalue weighted by molar-refractivity contribution is 7.07. The number of carbonyl (C=O) groups excluding carboxylic acids is 1. The molecule has 0 aliphatic heterocycles. The van der Waals surface area contributed by atoms with Crippen LogP contribution in [0.15, 0.2) is 21.8 Å². The van der Waals surface area contributed by atoms with E-state index in [0.29, 0.717) is 26.2 Å². The molecule has 0 bridgehead atoms. The molecule has 0 saturated heterocycles. The first-order chi connectivity index (χ1) is 11.4. The zero-order valence-corrected chi connectivity index (χ0v) is 16.2. The number of rotatable bonds is 7. The Morgan fingerprint density at radius 2 is 2.08 bits per heavy atom. The number of carbonyl (C=O) groups is 1. The Kier molecular flexibility index (Phi) is 8.60. The lowest BCUT2D eigenvalue weighted by molar-refractivity contribution is 0.0264. The predicted molar refractivity (Wildman–Crippen MR) is 101 cm³/mol. The third-order valence-corrected chi connectivity index (χ3v) is 3.78. The highest BCUT2D eigenvalue weighted by Gasteiger charge is 2.20. The quantitative estimate of drug-likeness (QED) is 0.583. The monoisotopic (exact) mass is 354 g/mol. The molecule has 0 radical (unpaired) electrons. The van der Waals surface area contributed by atoms with Crippen LogP contribution in [-0.4, -0.2) is 48.7 Å². The zero-order chi connectivity index (χ0) is 18.0. The average Bonchev–Trinajstić information content (AvgIpc) is 3.00. The average molecular weight is 355 g/mol. The summed E-state index contributed by atoms with van der Waals surface area (Å²) in [5.41, 5.74) is 0.718. The minimum atomic E-state index is -0.477. The van der Waals surface area contributed by atoms with Crippen molar-refractivity contribution in [1.82, 2.24) is 15.5 Å². The van der Waals surface area contributed by atoms with E-state index in [9.17, 15) is 4.79 Å². The Labute approximate surface area is 149 Å². The SMILES string of the molecule is CCNC(=NCc1ccsc1)NCCN(CC)C(=O)OC(C)(C)C. The second-order valence-electron chi connectivity index (χ2n) is 6.31. The van der Waals surface area contributed by atoms with Crippen LogP contribution in [0.4, 0.5) is 4.79 Å². The number of thiophene rings is 1. The standard InChI is InChI=1S/C17H30N4O2S/c1-6-18-15(20-12-14-8-11-24-13-14)19-9-10-21(7-2)16(22)23-17(3,4)5/h8,11,13H,6-7,9-10,12H2,1-5H3,(H2,18,19,20). The van der Waals surface area contributed by atoms with Gasteiger partial charge in [0.25, 0.3) is 0 Å². The van der Waals surface area contributed by atoms with E-state index in [4.69, 9.17) is 4.74 Å². The van der Waals surface area contributed by atoms with Crippen molar-refractivity contribution in [1.29, 1.82) is 0 Å². The van der Waals surface area contributed by atoms with E-state index in [0.717, 1.165) is 12.5 Å². The lowest BCUT2D eigenvalue weighted by atomic mass is 10.2. The molecule has 1 heterocycles. The van der Waals surface area contributed by atoms with Gasteiger partial charge in [-0.15, -0.1) is 0 Å². The van der Waals surface area contributed by atoms with Crippen molar-refractivity contribution < 1.29 is 9.53 Å². The molecule has 0 aliphatic rings. The van der Waals surface area contributed by atoms with Crippen LogP contribution in [0, 0.1) is 0 Å². The number of amides is 1. The molecule has 136 valence electrons. The molecule has 0 atom stereocenters. The Morgan fingerprint density at radius 3 is 2.62 bits per heavy atom. The number of guanidine groups is 1. The second-order valence-corrected chi connectivity index (χ2v) is 7.09. The molecule has 0 aromatic carbocycles.